The Morgan fingerprint density at radius 2 is 1.83 bits per heavy atom. The second kappa shape index (κ2) is 6.86. The zero-order chi connectivity index (χ0) is 18.0. The number of hydrogen-bond acceptors (Lipinski definition) is 5. The van der Waals surface area contributed by atoms with Crippen LogP contribution in [-0.2, 0) is 14.4 Å². The van der Waals surface area contributed by atoms with Crippen molar-refractivity contribution >= 4 is 17.7 Å². The van der Waals surface area contributed by atoms with Gasteiger partial charge in [-0.3, -0.25) is 9.59 Å². The zero-order valence-electron chi connectivity index (χ0n) is 13.9. The van der Waals surface area contributed by atoms with Gasteiger partial charge in [-0.1, -0.05) is 38.1 Å². The smallest absolute Gasteiger partial charge is 0.290 e. The van der Waals surface area contributed by atoms with E-state index in [-0.39, 0.29) is 18.5 Å². The lowest BCUT2D eigenvalue weighted by atomic mass is 9.94. The van der Waals surface area contributed by atoms with E-state index in [1.807, 2.05) is 26.0 Å². The average Bonchev–Trinajstić information content (AvgIpc) is 2.77. The van der Waals surface area contributed by atoms with Crippen molar-refractivity contribution in [3.63, 3.8) is 0 Å². The Balaban J connectivity index is 2.44. The monoisotopic (exact) mass is 330 g/mol. The molecule has 1 aromatic carbocycles. The quantitative estimate of drug-likeness (QED) is 0.846. The summed E-state index contributed by atoms with van der Waals surface area (Å²) in [4.78, 5) is 36.1. The van der Waals surface area contributed by atoms with Crippen molar-refractivity contribution < 1.29 is 24.6 Å². The van der Waals surface area contributed by atoms with Gasteiger partial charge in [0.2, 0.25) is 0 Å². The molecule has 0 unspecified atom stereocenters. The average molecular weight is 330 g/mol. The molecule has 128 valence electrons. The Bertz CT molecular complexity index is 703. The fourth-order valence-corrected chi connectivity index (χ4v) is 2.87. The topological polar surface area (TPSA) is 97.7 Å². The van der Waals surface area contributed by atoms with Gasteiger partial charge in [-0.2, -0.15) is 0 Å². The second-order valence-corrected chi connectivity index (χ2v) is 6.16. The van der Waals surface area contributed by atoms with Crippen LogP contribution in [0.25, 0.3) is 0 Å². The van der Waals surface area contributed by atoms with Gasteiger partial charge in [0.1, 0.15) is 0 Å². The molecular weight excluding hydrogens is 310 g/mol. The highest BCUT2D eigenvalue weighted by atomic mass is 16.4. The maximum Gasteiger partial charge on any atom is 0.290 e. The van der Waals surface area contributed by atoms with Gasteiger partial charge in [0.15, 0.2) is 11.5 Å². The number of nitrogens with zero attached hydrogens (tertiary/aromatic N) is 1. The molecule has 1 heterocycles. The molecule has 1 aromatic rings. The Morgan fingerprint density at radius 3 is 2.29 bits per heavy atom. The molecule has 24 heavy (non-hydrogen) atoms. The molecule has 1 aliphatic heterocycles. The zero-order valence-corrected chi connectivity index (χ0v) is 13.9. The Hall–Kier alpha value is -2.63. The molecule has 6 nitrogen and oxygen atoms in total. The number of rotatable bonds is 6. The minimum Gasteiger partial charge on any atom is -0.550 e. The number of aliphatic hydroxyl groups excluding tert-OH is 1. The highest BCUT2D eigenvalue weighted by Gasteiger charge is 2.41. The van der Waals surface area contributed by atoms with Crippen LogP contribution in [0, 0.1) is 0 Å². The summed E-state index contributed by atoms with van der Waals surface area (Å²) < 4.78 is 0. The molecule has 1 N–H and O–H groups in total. The van der Waals surface area contributed by atoms with Gasteiger partial charge in [-0.25, -0.2) is 0 Å². The number of hydrogen-bond donors (Lipinski definition) is 1. The second-order valence-electron chi connectivity index (χ2n) is 6.16. The number of carbonyl (C=O) groups is 3. The molecule has 2 rings (SSSR count). The van der Waals surface area contributed by atoms with E-state index in [1.165, 1.54) is 11.8 Å². The molecule has 0 spiro atoms. The van der Waals surface area contributed by atoms with Crippen molar-refractivity contribution in [2.45, 2.75) is 39.2 Å². The summed E-state index contributed by atoms with van der Waals surface area (Å²) >= 11 is 0. The maximum absolute atomic E-state index is 12.2. The van der Waals surface area contributed by atoms with Crippen molar-refractivity contribution in [1.29, 1.82) is 0 Å². The molecular formula is C18H20NO5-. The summed E-state index contributed by atoms with van der Waals surface area (Å²) in [7, 11) is 0. The summed E-state index contributed by atoms with van der Waals surface area (Å²) in [5.41, 5.74) is 1.75. The molecule has 1 aliphatic rings. The van der Waals surface area contributed by atoms with Gasteiger partial charge >= 0.3 is 0 Å². The largest absolute Gasteiger partial charge is 0.550 e. The lowest BCUT2D eigenvalue weighted by Gasteiger charge is -2.27. The number of carbonyl (C=O) groups excluding carboxylic acids is 3. The Morgan fingerprint density at radius 1 is 1.25 bits per heavy atom. The molecule has 1 amide bonds. The van der Waals surface area contributed by atoms with Crippen LogP contribution in [0.2, 0.25) is 0 Å². The normalized spacial score (nSPS) is 17.8. The number of aliphatic carboxylic acids is 1. The molecule has 0 fully saturated rings. The molecule has 0 bridgehead atoms. The van der Waals surface area contributed by atoms with Crippen molar-refractivity contribution in [3.8, 4) is 0 Å². The molecule has 0 saturated heterocycles. The molecule has 0 radical (unpaired) electrons. The van der Waals surface area contributed by atoms with Gasteiger partial charge < -0.3 is 19.9 Å². The summed E-state index contributed by atoms with van der Waals surface area (Å²) in [6, 6.07) is 6.60. The van der Waals surface area contributed by atoms with E-state index in [0.717, 1.165) is 5.56 Å². The van der Waals surface area contributed by atoms with Gasteiger partial charge in [-0.05, 0) is 24.0 Å². The molecule has 6 heteroatoms. The van der Waals surface area contributed by atoms with E-state index in [9.17, 15) is 24.6 Å². The summed E-state index contributed by atoms with van der Waals surface area (Å²) in [5, 5.41) is 20.8. The van der Waals surface area contributed by atoms with Crippen molar-refractivity contribution in [3.05, 3.63) is 46.7 Å². The lowest BCUT2D eigenvalue weighted by molar-refractivity contribution is -0.305. The number of Topliss-reactive ketones (excluding diaryl/α,β-unsaturated/α-hetero) is 1. The molecule has 1 atom stereocenters. The SMILES string of the molecule is CC(=O)C1=C(O)C(=O)N(CCC(=O)[O-])[C@@H]1c1ccc(C(C)C)cc1. The third kappa shape index (κ3) is 3.32. The van der Waals surface area contributed by atoms with Gasteiger partial charge in [-0.15, -0.1) is 0 Å². The first-order chi connectivity index (χ1) is 11.2. The number of amides is 1. The maximum atomic E-state index is 12.2. The standard InChI is InChI=1S/C18H21NO5/c1-10(2)12-4-6-13(7-5-12)16-15(11(3)20)17(23)18(24)19(16)9-8-14(21)22/h4-7,10,16,23H,8-9H2,1-3H3,(H,21,22)/p-1/t16-/m1/s1. The van der Waals surface area contributed by atoms with Gasteiger partial charge in [0.05, 0.1) is 11.6 Å². The third-order valence-corrected chi connectivity index (χ3v) is 4.16. The van der Waals surface area contributed by atoms with Crippen LogP contribution in [0.3, 0.4) is 0 Å². The number of carboxylic acids is 1. The van der Waals surface area contributed by atoms with E-state index in [0.29, 0.717) is 11.5 Å². The van der Waals surface area contributed by atoms with Crippen LogP contribution in [0.5, 0.6) is 0 Å². The van der Waals surface area contributed by atoms with Gasteiger partial charge in [0.25, 0.3) is 5.91 Å². The highest BCUT2D eigenvalue weighted by Crippen LogP contribution is 2.38. The highest BCUT2D eigenvalue weighted by molar-refractivity contribution is 6.08. The van der Waals surface area contributed by atoms with Crippen LogP contribution in [-0.4, -0.2) is 34.2 Å². The number of benzene rings is 1. The Kier molecular flexibility index (Phi) is 5.07. The number of ketones is 1. The van der Waals surface area contributed by atoms with E-state index in [4.69, 9.17) is 0 Å². The van der Waals surface area contributed by atoms with Crippen LogP contribution in [0.1, 0.15) is 50.3 Å². The first kappa shape index (κ1) is 17.7. The minimum absolute atomic E-state index is 0.00403. The Labute approximate surface area is 140 Å². The molecule has 0 aromatic heterocycles. The fourth-order valence-electron chi connectivity index (χ4n) is 2.87. The fraction of sp³-hybridized carbons (Fsp3) is 0.389. The van der Waals surface area contributed by atoms with Crippen LogP contribution >= 0.6 is 0 Å². The lowest BCUT2D eigenvalue weighted by Crippen LogP contribution is -2.35. The van der Waals surface area contributed by atoms with Crippen molar-refractivity contribution in [2.75, 3.05) is 6.54 Å². The van der Waals surface area contributed by atoms with Crippen LogP contribution in [0.4, 0.5) is 0 Å². The first-order valence-electron chi connectivity index (χ1n) is 7.78. The van der Waals surface area contributed by atoms with E-state index >= 15 is 0 Å². The van der Waals surface area contributed by atoms with E-state index < -0.39 is 29.5 Å². The van der Waals surface area contributed by atoms with Gasteiger partial charge in [0, 0.05) is 18.9 Å². The summed E-state index contributed by atoms with van der Waals surface area (Å²) in [6.07, 6.45) is -0.370. The predicted molar refractivity (Wildman–Crippen MR) is 84.9 cm³/mol. The summed E-state index contributed by atoms with van der Waals surface area (Å²) in [6.45, 7) is 5.23. The van der Waals surface area contributed by atoms with Crippen molar-refractivity contribution in [1.82, 2.24) is 4.90 Å². The van der Waals surface area contributed by atoms with Crippen LogP contribution < -0.4 is 5.11 Å². The predicted octanol–water partition coefficient (Wildman–Crippen LogP) is 1.23. The summed E-state index contributed by atoms with van der Waals surface area (Å²) in [5.74, 6) is -2.74. The van der Waals surface area contributed by atoms with Crippen LogP contribution in [0.15, 0.2) is 35.6 Å². The van der Waals surface area contributed by atoms with E-state index in [2.05, 4.69) is 0 Å². The van der Waals surface area contributed by atoms with E-state index in [1.54, 1.807) is 12.1 Å². The third-order valence-electron chi connectivity index (χ3n) is 4.16. The molecule has 0 saturated carbocycles. The molecule has 0 aliphatic carbocycles. The minimum atomic E-state index is -1.30. The van der Waals surface area contributed by atoms with Crippen molar-refractivity contribution in [2.24, 2.45) is 0 Å². The number of carboxylic acid groups (broad SMARTS) is 1. The number of aliphatic hydroxyl groups is 1. The first-order valence-corrected chi connectivity index (χ1v) is 7.78.